The molecule has 2 fully saturated rings. The Morgan fingerprint density at radius 3 is 1.66 bits per heavy atom. The summed E-state index contributed by atoms with van der Waals surface area (Å²) >= 11 is 0. The number of benzene rings is 4. The predicted molar refractivity (Wildman–Crippen MR) is 258 cm³/mol. The Morgan fingerprint density at radius 2 is 1.15 bits per heavy atom. The molecule has 6 aliphatic rings. The Hall–Kier alpha value is -6.70. The summed E-state index contributed by atoms with van der Waals surface area (Å²) in [6, 6.07) is 24.9. The third kappa shape index (κ3) is 9.10. The molecule has 14 heteroatoms. The molecule has 2 aromatic heterocycles. The number of carbonyl (C=O) groups excluding carboxylic acids is 4. The van der Waals surface area contributed by atoms with Crippen molar-refractivity contribution in [3.05, 3.63) is 107 Å². The number of ether oxygens (including phenoxy) is 2. The highest BCUT2D eigenvalue weighted by molar-refractivity contribution is 5.89. The molecule has 12 rings (SSSR count). The topological polar surface area (TPSA) is 175 Å². The largest absolute Gasteiger partial charge is 0.453 e. The van der Waals surface area contributed by atoms with Crippen LogP contribution in [0.2, 0.25) is 0 Å². The number of fused-ring (bicyclic) bond motifs is 2. The van der Waals surface area contributed by atoms with Crippen molar-refractivity contribution in [2.75, 3.05) is 27.3 Å². The molecule has 4 bridgehead atoms. The third-order valence-corrected chi connectivity index (χ3v) is 14.2. The summed E-state index contributed by atoms with van der Waals surface area (Å²) in [4.78, 5) is 72.9. The SMILES string of the molecule is COC(=O)N[C@H](C(=O)N1CCC[C@H]1c1nc2cc(-c3cc4ccc3CCc3ccc(c(-c5ccc6[nH]c([C@@H]7CCCN7C(=O)[C@@H](NC(=O)OC)C(C)C)nc6c5)c3)C[C@H]4C)ccc2[nH]1)C(C)C. The average molecular weight is 907 g/mol. The number of alkyl carbamates (subject to hydrolysis) is 2. The van der Waals surface area contributed by atoms with E-state index in [0.29, 0.717) is 13.1 Å². The fraction of sp³-hybridized carbons (Fsp3) is 0.434. The van der Waals surface area contributed by atoms with E-state index in [1.807, 2.05) is 37.5 Å². The van der Waals surface area contributed by atoms with Gasteiger partial charge >= 0.3 is 12.2 Å². The summed E-state index contributed by atoms with van der Waals surface area (Å²) in [5, 5.41) is 5.48. The number of imidazole rings is 2. The van der Waals surface area contributed by atoms with Gasteiger partial charge in [0.15, 0.2) is 0 Å². The first-order valence-corrected chi connectivity index (χ1v) is 23.8. The molecule has 0 unspecified atom stereocenters. The van der Waals surface area contributed by atoms with Crippen LogP contribution in [-0.2, 0) is 38.3 Å². The van der Waals surface area contributed by atoms with Crippen LogP contribution in [0.1, 0.15) is 112 Å². The number of hydrogen-bond donors (Lipinski definition) is 4. The summed E-state index contributed by atoms with van der Waals surface area (Å²) < 4.78 is 9.65. The number of aromatic amines is 2. The maximum atomic E-state index is 13.8. The number of aromatic nitrogens is 4. The van der Waals surface area contributed by atoms with Gasteiger partial charge in [0.2, 0.25) is 11.8 Å². The second kappa shape index (κ2) is 18.9. The summed E-state index contributed by atoms with van der Waals surface area (Å²) in [6.45, 7) is 11.2. The smallest absolute Gasteiger partial charge is 0.407 e. The Balaban J connectivity index is 0.958. The van der Waals surface area contributed by atoms with E-state index in [9.17, 15) is 19.2 Å². The summed E-state index contributed by atoms with van der Waals surface area (Å²) in [5.41, 5.74) is 13.2. The number of H-pyrrole nitrogens is 2. The van der Waals surface area contributed by atoms with E-state index in [2.05, 4.69) is 100 Å². The van der Waals surface area contributed by atoms with E-state index < -0.39 is 24.3 Å². The number of rotatable bonds is 10. The van der Waals surface area contributed by atoms with Gasteiger partial charge in [-0.15, -0.1) is 0 Å². The minimum Gasteiger partial charge on any atom is -0.453 e. The van der Waals surface area contributed by atoms with Crippen molar-refractivity contribution < 1.29 is 28.7 Å². The van der Waals surface area contributed by atoms with Gasteiger partial charge in [-0.3, -0.25) is 9.59 Å². The van der Waals surface area contributed by atoms with E-state index in [4.69, 9.17) is 19.4 Å². The second-order valence-electron chi connectivity index (χ2n) is 19.3. The van der Waals surface area contributed by atoms with E-state index in [0.717, 1.165) is 89.8 Å². The Kier molecular flexibility index (Phi) is 12.8. The fourth-order valence-corrected chi connectivity index (χ4v) is 10.4. The highest BCUT2D eigenvalue weighted by Crippen LogP contribution is 2.39. The van der Waals surface area contributed by atoms with Crippen molar-refractivity contribution in [3.8, 4) is 22.3 Å². The van der Waals surface area contributed by atoms with Gasteiger partial charge in [-0.05, 0) is 131 Å². The number of methoxy groups -OCH3 is 2. The molecule has 2 saturated heterocycles. The Labute approximate surface area is 391 Å². The van der Waals surface area contributed by atoms with Crippen molar-refractivity contribution in [1.82, 2.24) is 40.4 Å². The number of likely N-dealkylation sites (tertiary alicyclic amines) is 2. The monoisotopic (exact) mass is 906 g/mol. The molecule has 0 radical (unpaired) electrons. The number of nitrogens with zero attached hydrogens (tertiary/aromatic N) is 4. The van der Waals surface area contributed by atoms with Crippen LogP contribution in [-0.4, -0.2) is 93.1 Å². The number of nitrogens with one attached hydrogen (secondary N) is 4. The first kappa shape index (κ1) is 45.5. The standard InChI is InChI=1S/C53H62N8O6/c1-29(2)46(58-52(64)66-6)50(62)60-22-8-10-44(60)48-54-40-20-18-36(27-42(40)56-48)38-25-32-12-14-33-16-17-34(31(5)24-35(38)15-13-32)26-39(33)37-19-21-41-43(28-37)57-49(55-41)45-11-9-23-61(45)51(63)47(30(3)4)59-53(65)67-7/h13,15-21,25-31,44-47H,8-12,14,22-24H2,1-7H3,(H,54,56)(H,55,57)(H,58,64)(H,59,65)/t31-,44+,45+,46+,47+/m1/s1. The molecule has 0 spiro atoms. The van der Waals surface area contributed by atoms with E-state index in [1.54, 1.807) is 0 Å². The molecule has 2 aliphatic heterocycles. The molecular weight excluding hydrogens is 845 g/mol. The van der Waals surface area contributed by atoms with Gasteiger partial charge in [-0.1, -0.05) is 83.1 Å². The molecular formula is C53H62N8O6. The molecule has 14 nitrogen and oxygen atoms in total. The van der Waals surface area contributed by atoms with E-state index in [-0.39, 0.29) is 41.7 Å². The van der Waals surface area contributed by atoms with E-state index in [1.165, 1.54) is 47.6 Å². The Bertz CT molecular complexity index is 2850. The van der Waals surface area contributed by atoms with Crippen molar-refractivity contribution in [3.63, 3.8) is 0 Å². The molecule has 4 heterocycles. The van der Waals surface area contributed by atoms with Gasteiger partial charge in [-0.25, -0.2) is 19.6 Å². The molecule has 4 N–H and O–H groups in total. The minimum atomic E-state index is -0.694. The average Bonchev–Trinajstić information content (AvgIpc) is 4.16. The van der Waals surface area contributed by atoms with Crippen LogP contribution in [0.3, 0.4) is 0 Å². The lowest BCUT2D eigenvalue weighted by molar-refractivity contribution is -0.136. The summed E-state index contributed by atoms with van der Waals surface area (Å²) in [6.07, 6.45) is 4.60. The zero-order valence-electron chi connectivity index (χ0n) is 39.6. The zero-order valence-corrected chi connectivity index (χ0v) is 39.6. The van der Waals surface area contributed by atoms with Crippen LogP contribution in [0.5, 0.6) is 0 Å². The lowest BCUT2D eigenvalue weighted by atomic mass is 9.84. The summed E-state index contributed by atoms with van der Waals surface area (Å²) in [5.74, 6) is 1.26. The quantitative estimate of drug-likeness (QED) is 0.105. The van der Waals surface area contributed by atoms with Crippen molar-refractivity contribution in [2.45, 2.75) is 110 Å². The van der Waals surface area contributed by atoms with Gasteiger partial charge in [0, 0.05) is 13.1 Å². The molecule has 0 saturated carbocycles. The van der Waals surface area contributed by atoms with Crippen LogP contribution in [0.15, 0.2) is 72.8 Å². The minimum absolute atomic E-state index is 0.111. The zero-order chi connectivity index (χ0) is 47.1. The van der Waals surface area contributed by atoms with Crippen molar-refractivity contribution >= 4 is 46.1 Å². The van der Waals surface area contributed by atoms with Crippen LogP contribution >= 0.6 is 0 Å². The van der Waals surface area contributed by atoms with Gasteiger partial charge in [0.05, 0.1) is 48.4 Å². The maximum absolute atomic E-state index is 13.8. The van der Waals surface area contributed by atoms with Gasteiger partial charge < -0.3 is 39.9 Å². The number of amides is 4. The third-order valence-electron chi connectivity index (χ3n) is 14.2. The first-order chi connectivity index (χ1) is 32.3. The summed E-state index contributed by atoms with van der Waals surface area (Å²) in [7, 11) is 2.61. The lowest BCUT2D eigenvalue weighted by Gasteiger charge is -2.29. The lowest BCUT2D eigenvalue weighted by Crippen LogP contribution is -2.51. The van der Waals surface area contributed by atoms with Crippen molar-refractivity contribution in [2.24, 2.45) is 11.8 Å². The first-order valence-electron chi connectivity index (χ1n) is 23.8. The highest BCUT2D eigenvalue weighted by atomic mass is 16.5. The normalized spacial score (nSPS) is 19.2. The number of hydrogen-bond acceptors (Lipinski definition) is 8. The molecule has 6 aromatic rings. The van der Waals surface area contributed by atoms with Crippen LogP contribution < -0.4 is 10.6 Å². The van der Waals surface area contributed by atoms with Gasteiger partial charge in [0.1, 0.15) is 23.7 Å². The van der Waals surface area contributed by atoms with Crippen molar-refractivity contribution in [1.29, 1.82) is 0 Å². The number of carbonyl (C=O) groups is 4. The van der Waals surface area contributed by atoms with Gasteiger partial charge in [0.25, 0.3) is 0 Å². The molecule has 4 amide bonds. The Morgan fingerprint density at radius 1 is 0.642 bits per heavy atom. The van der Waals surface area contributed by atoms with E-state index >= 15 is 0 Å². The van der Waals surface area contributed by atoms with Crippen LogP contribution in [0, 0.1) is 11.8 Å². The molecule has 4 aliphatic carbocycles. The fourth-order valence-electron chi connectivity index (χ4n) is 10.4. The maximum Gasteiger partial charge on any atom is 0.407 e. The molecule has 5 atom stereocenters. The molecule has 4 aromatic carbocycles. The highest BCUT2D eigenvalue weighted by Gasteiger charge is 2.39. The molecule has 350 valence electrons. The predicted octanol–water partition coefficient (Wildman–Crippen LogP) is 9.31. The second-order valence-corrected chi connectivity index (χ2v) is 19.3. The number of aryl methyl sites for hydroxylation is 2. The van der Waals surface area contributed by atoms with Crippen LogP contribution in [0.4, 0.5) is 9.59 Å². The molecule has 67 heavy (non-hydrogen) atoms. The van der Waals surface area contributed by atoms with Crippen LogP contribution in [0.25, 0.3) is 44.3 Å². The van der Waals surface area contributed by atoms with Gasteiger partial charge in [-0.2, -0.15) is 0 Å².